The lowest BCUT2D eigenvalue weighted by Crippen LogP contribution is -2.23. The molecule has 32 heavy (non-hydrogen) atoms. The fraction of sp³-hybridized carbons (Fsp3) is 0.0455. The molecule has 0 radical (unpaired) electrons. The van der Waals surface area contributed by atoms with Gasteiger partial charge < -0.3 is 10.1 Å². The van der Waals surface area contributed by atoms with Gasteiger partial charge in [-0.2, -0.15) is 0 Å². The van der Waals surface area contributed by atoms with Crippen LogP contribution in [0.25, 0.3) is 0 Å². The van der Waals surface area contributed by atoms with Gasteiger partial charge in [0.05, 0.1) is 15.4 Å². The second kappa shape index (κ2) is 7.97. The van der Waals surface area contributed by atoms with E-state index in [0.29, 0.717) is 0 Å². The van der Waals surface area contributed by atoms with E-state index in [1.54, 1.807) is 6.07 Å². The number of rotatable bonds is 4. The minimum Gasteiger partial charge on any atom is -0.452 e. The van der Waals surface area contributed by atoms with Crippen LogP contribution in [0.4, 0.5) is 14.5 Å². The molecule has 0 fully saturated rings. The number of benzene rings is 3. The molecule has 3 aromatic carbocycles. The molecule has 1 aliphatic heterocycles. The molecule has 0 saturated carbocycles. The molecule has 0 saturated heterocycles. The predicted molar refractivity (Wildman–Crippen MR) is 107 cm³/mol. The lowest BCUT2D eigenvalue weighted by Gasteiger charge is -2.19. The highest BCUT2D eigenvalue weighted by Crippen LogP contribution is 2.34. The maximum Gasteiger partial charge on any atom is 0.338 e. The predicted octanol–water partition coefficient (Wildman–Crippen LogP) is 3.14. The summed E-state index contributed by atoms with van der Waals surface area (Å²) in [6, 6.07) is 12.1. The summed E-state index contributed by atoms with van der Waals surface area (Å²) in [5.41, 5.74) is -0.963. The maximum atomic E-state index is 13.6. The molecule has 0 bridgehead atoms. The molecule has 1 amide bonds. The molecule has 3 aromatic rings. The molecule has 1 aliphatic rings. The van der Waals surface area contributed by atoms with Gasteiger partial charge in [-0.3, -0.25) is 9.59 Å². The van der Waals surface area contributed by atoms with Gasteiger partial charge in [-0.1, -0.05) is 18.2 Å². The van der Waals surface area contributed by atoms with Crippen molar-refractivity contribution in [1.29, 1.82) is 0 Å². The van der Waals surface area contributed by atoms with Gasteiger partial charge in [0, 0.05) is 11.1 Å². The van der Waals surface area contributed by atoms with Crippen LogP contribution < -0.4 is 5.32 Å². The Morgan fingerprint density at radius 3 is 2.25 bits per heavy atom. The molecule has 4 rings (SSSR count). The topological polar surface area (TPSA) is 107 Å². The van der Waals surface area contributed by atoms with Gasteiger partial charge in [0.15, 0.2) is 12.4 Å². The van der Waals surface area contributed by atoms with E-state index in [1.165, 1.54) is 30.3 Å². The zero-order chi connectivity index (χ0) is 23.0. The van der Waals surface area contributed by atoms with E-state index < -0.39 is 51.4 Å². The van der Waals surface area contributed by atoms with Crippen LogP contribution >= 0.6 is 0 Å². The van der Waals surface area contributed by atoms with Crippen LogP contribution in [0.15, 0.2) is 70.5 Å². The monoisotopic (exact) mass is 457 g/mol. The highest BCUT2D eigenvalue weighted by molar-refractivity contribution is 7.91. The number of hydrogen-bond acceptors (Lipinski definition) is 6. The van der Waals surface area contributed by atoms with Crippen molar-refractivity contribution in [2.75, 3.05) is 11.9 Å². The number of para-hydroxylation sites is 1. The van der Waals surface area contributed by atoms with Gasteiger partial charge in [-0.15, -0.1) is 0 Å². The number of ether oxygens (including phenoxy) is 1. The number of sulfone groups is 1. The summed E-state index contributed by atoms with van der Waals surface area (Å²) in [7, 11) is -4.06. The number of amides is 1. The van der Waals surface area contributed by atoms with Crippen LogP contribution in [0.1, 0.15) is 26.3 Å². The van der Waals surface area contributed by atoms with Crippen molar-refractivity contribution in [2.45, 2.75) is 9.79 Å². The number of hydrogen-bond donors (Lipinski definition) is 1. The van der Waals surface area contributed by atoms with Gasteiger partial charge in [-0.25, -0.2) is 22.0 Å². The number of fused-ring (bicyclic) bond motifs is 2. The van der Waals surface area contributed by atoms with Crippen LogP contribution in [-0.2, 0) is 19.4 Å². The van der Waals surface area contributed by atoms with Crippen LogP contribution in [0, 0.1) is 11.6 Å². The molecule has 0 atom stereocenters. The van der Waals surface area contributed by atoms with E-state index in [9.17, 15) is 31.6 Å². The summed E-state index contributed by atoms with van der Waals surface area (Å²) in [5.74, 6) is -4.57. The summed E-state index contributed by atoms with van der Waals surface area (Å²) in [5, 5.41) is 1.96. The van der Waals surface area contributed by atoms with Gasteiger partial charge >= 0.3 is 5.97 Å². The molecule has 1 N–H and O–H groups in total. The molecule has 1 heterocycles. The number of esters is 1. The van der Waals surface area contributed by atoms with Crippen molar-refractivity contribution in [2.24, 2.45) is 0 Å². The molecule has 162 valence electrons. The smallest absolute Gasteiger partial charge is 0.338 e. The Morgan fingerprint density at radius 1 is 0.875 bits per heavy atom. The summed E-state index contributed by atoms with van der Waals surface area (Å²) in [6.07, 6.45) is 0. The summed E-state index contributed by atoms with van der Waals surface area (Å²) in [6.45, 7) is -0.877. The molecule has 10 heteroatoms. The fourth-order valence-electron chi connectivity index (χ4n) is 3.22. The lowest BCUT2D eigenvalue weighted by atomic mass is 10.0. The lowest BCUT2D eigenvalue weighted by molar-refractivity contribution is -0.119. The quantitative estimate of drug-likeness (QED) is 0.472. The Labute approximate surface area is 180 Å². The third kappa shape index (κ3) is 3.65. The summed E-state index contributed by atoms with van der Waals surface area (Å²) in [4.78, 5) is 36.3. The number of ketones is 1. The first-order valence-corrected chi connectivity index (χ1v) is 10.6. The van der Waals surface area contributed by atoms with E-state index in [-0.39, 0.29) is 26.5 Å². The first kappa shape index (κ1) is 21.3. The Kier molecular flexibility index (Phi) is 5.31. The second-order valence-corrected chi connectivity index (χ2v) is 8.65. The molecule has 0 unspecified atom stereocenters. The highest BCUT2D eigenvalue weighted by atomic mass is 32.2. The van der Waals surface area contributed by atoms with E-state index in [2.05, 4.69) is 0 Å². The minimum absolute atomic E-state index is 0.0346. The zero-order valence-electron chi connectivity index (χ0n) is 16.1. The number of carbonyl (C=O) groups is 3. The Bertz CT molecular complexity index is 1380. The molecule has 7 nitrogen and oxygen atoms in total. The number of carbonyl (C=O) groups excluding carboxylic acids is 3. The van der Waals surface area contributed by atoms with Crippen molar-refractivity contribution in [3.8, 4) is 0 Å². The Balaban J connectivity index is 1.53. The standard InChI is InChI=1S/C22H13F2NO6S/c23-15-5-3-6-16(24)20(15)25-19(26)11-31-22(28)12-8-9-14-18(10-12)32(29,30)17-7-2-1-4-13(17)21(14)27/h1-10H,11H2,(H,25,26). The second-order valence-electron chi connectivity index (χ2n) is 6.76. The van der Waals surface area contributed by atoms with Crippen molar-refractivity contribution in [1.82, 2.24) is 0 Å². The van der Waals surface area contributed by atoms with Crippen molar-refractivity contribution < 1.29 is 36.3 Å². The average Bonchev–Trinajstić information content (AvgIpc) is 2.78. The summed E-state index contributed by atoms with van der Waals surface area (Å²) < 4.78 is 57.8. The van der Waals surface area contributed by atoms with Crippen LogP contribution in [-0.4, -0.2) is 32.7 Å². The Morgan fingerprint density at radius 2 is 1.53 bits per heavy atom. The van der Waals surface area contributed by atoms with Gasteiger partial charge in [0.1, 0.15) is 17.3 Å². The van der Waals surface area contributed by atoms with Crippen LogP contribution in [0.5, 0.6) is 0 Å². The molecular weight excluding hydrogens is 444 g/mol. The number of nitrogens with one attached hydrogen (secondary N) is 1. The molecule has 0 aliphatic carbocycles. The third-order valence-corrected chi connectivity index (χ3v) is 6.59. The molecule has 0 aromatic heterocycles. The normalized spacial score (nSPS) is 13.6. The van der Waals surface area contributed by atoms with E-state index >= 15 is 0 Å². The Hall–Kier alpha value is -3.92. The number of anilines is 1. The van der Waals surface area contributed by atoms with E-state index in [0.717, 1.165) is 24.3 Å². The first-order chi connectivity index (χ1) is 15.2. The summed E-state index contributed by atoms with van der Waals surface area (Å²) >= 11 is 0. The SMILES string of the molecule is O=C(COC(=O)c1ccc2c(c1)S(=O)(=O)c1ccccc1C2=O)Nc1c(F)cccc1F. The molecule has 0 spiro atoms. The van der Waals surface area contributed by atoms with Gasteiger partial charge in [-0.05, 0) is 42.5 Å². The van der Waals surface area contributed by atoms with Gasteiger partial charge in [0.2, 0.25) is 9.84 Å². The fourth-order valence-corrected chi connectivity index (χ4v) is 4.90. The minimum atomic E-state index is -4.06. The van der Waals surface area contributed by atoms with Crippen molar-refractivity contribution in [3.63, 3.8) is 0 Å². The molecular formula is C22H13F2NO6S. The average molecular weight is 457 g/mol. The highest BCUT2D eigenvalue weighted by Gasteiger charge is 2.35. The van der Waals surface area contributed by atoms with Crippen LogP contribution in [0.3, 0.4) is 0 Å². The maximum absolute atomic E-state index is 13.6. The van der Waals surface area contributed by atoms with Gasteiger partial charge in [0.25, 0.3) is 5.91 Å². The van der Waals surface area contributed by atoms with E-state index in [4.69, 9.17) is 4.74 Å². The zero-order valence-corrected chi connectivity index (χ0v) is 16.9. The van der Waals surface area contributed by atoms with Crippen LogP contribution in [0.2, 0.25) is 0 Å². The third-order valence-electron chi connectivity index (χ3n) is 4.73. The largest absolute Gasteiger partial charge is 0.452 e. The van der Waals surface area contributed by atoms with Crippen molar-refractivity contribution in [3.05, 3.63) is 89.0 Å². The number of halogens is 2. The van der Waals surface area contributed by atoms with Crippen molar-refractivity contribution >= 4 is 33.2 Å². The first-order valence-electron chi connectivity index (χ1n) is 9.14. The van der Waals surface area contributed by atoms with E-state index in [1.807, 2.05) is 5.32 Å².